The third-order valence-corrected chi connectivity index (χ3v) is 5.15. The van der Waals surface area contributed by atoms with Gasteiger partial charge in [0.2, 0.25) is 0 Å². The monoisotopic (exact) mass is 387 g/mol. The van der Waals surface area contributed by atoms with Gasteiger partial charge in [-0.1, -0.05) is 6.92 Å². The van der Waals surface area contributed by atoms with Gasteiger partial charge >= 0.3 is 6.18 Å². The van der Waals surface area contributed by atoms with E-state index in [-0.39, 0.29) is 22.7 Å². The maximum Gasteiger partial charge on any atom is 0.435 e. The first-order valence-corrected chi connectivity index (χ1v) is 8.96. The van der Waals surface area contributed by atoms with E-state index in [9.17, 15) is 22.0 Å². The standard InChI is InChI=1S/C19H22F5N3/c1-4-11(2)27-7-5-6-12-8-13(14(18(20)21)9-16(12)27)15-10-26(3)25-17(15)19(22,23)24/h8-11,18H,4-7H2,1-3H3. The molecule has 0 saturated heterocycles. The van der Waals surface area contributed by atoms with E-state index in [2.05, 4.69) is 10.00 Å². The molecule has 1 unspecified atom stereocenters. The predicted molar refractivity (Wildman–Crippen MR) is 94.0 cm³/mol. The number of fused-ring (bicyclic) bond motifs is 1. The minimum atomic E-state index is -4.71. The SMILES string of the molecule is CCC(C)N1CCCc2cc(-c3cn(C)nc3C(F)(F)F)c(C(F)F)cc21. The van der Waals surface area contributed by atoms with E-state index in [0.29, 0.717) is 12.1 Å². The molecule has 0 radical (unpaired) electrons. The molecule has 1 atom stereocenters. The van der Waals surface area contributed by atoms with Crippen molar-refractivity contribution in [3.63, 3.8) is 0 Å². The number of alkyl halides is 5. The van der Waals surface area contributed by atoms with E-state index >= 15 is 0 Å². The van der Waals surface area contributed by atoms with Crippen LogP contribution in [-0.4, -0.2) is 22.4 Å². The van der Waals surface area contributed by atoms with E-state index in [0.717, 1.165) is 35.8 Å². The first-order chi connectivity index (χ1) is 12.6. The highest BCUT2D eigenvalue weighted by Gasteiger charge is 2.38. The van der Waals surface area contributed by atoms with Gasteiger partial charge in [0.25, 0.3) is 6.43 Å². The third kappa shape index (κ3) is 3.66. The second-order valence-electron chi connectivity index (χ2n) is 6.99. The van der Waals surface area contributed by atoms with Crippen LogP contribution in [0.2, 0.25) is 0 Å². The summed E-state index contributed by atoms with van der Waals surface area (Å²) in [7, 11) is 1.35. The van der Waals surface area contributed by atoms with Crippen molar-refractivity contribution >= 4 is 5.69 Å². The fraction of sp³-hybridized carbons (Fsp3) is 0.526. The van der Waals surface area contributed by atoms with Crippen molar-refractivity contribution in [2.75, 3.05) is 11.4 Å². The molecule has 3 rings (SSSR count). The summed E-state index contributed by atoms with van der Waals surface area (Å²) in [5.41, 5.74) is -0.409. The summed E-state index contributed by atoms with van der Waals surface area (Å²) in [6.07, 6.45) is -4.09. The van der Waals surface area contributed by atoms with Gasteiger partial charge in [0.1, 0.15) is 0 Å². The normalized spacial score (nSPS) is 16.0. The number of nitrogens with zero attached hydrogens (tertiary/aromatic N) is 3. The second-order valence-corrected chi connectivity index (χ2v) is 6.99. The molecule has 3 nitrogen and oxygen atoms in total. The van der Waals surface area contributed by atoms with Crippen molar-refractivity contribution in [3.8, 4) is 11.1 Å². The number of anilines is 1. The number of halogens is 5. The fourth-order valence-electron chi connectivity index (χ4n) is 3.66. The Hall–Kier alpha value is -2.12. The molecule has 1 aliphatic heterocycles. The summed E-state index contributed by atoms with van der Waals surface area (Å²) in [5, 5.41) is 3.46. The largest absolute Gasteiger partial charge is 0.435 e. The van der Waals surface area contributed by atoms with E-state index in [4.69, 9.17) is 0 Å². The molecule has 8 heteroatoms. The van der Waals surface area contributed by atoms with E-state index in [1.54, 1.807) is 0 Å². The number of aromatic nitrogens is 2. The Labute approximate surface area is 154 Å². The lowest BCUT2D eigenvalue weighted by atomic mass is 9.91. The van der Waals surface area contributed by atoms with Gasteiger partial charge in [-0.25, -0.2) is 8.78 Å². The van der Waals surface area contributed by atoms with Crippen LogP contribution < -0.4 is 4.90 Å². The minimum Gasteiger partial charge on any atom is -0.369 e. The van der Waals surface area contributed by atoms with Crippen molar-refractivity contribution in [2.24, 2.45) is 7.05 Å². The smallest absolute Gasteiger partial charge is 0.369 e. The summed E-state index contributed by atoms with van der Waals surface area (Å²) >= 11 is 0. The van der Waals surface area contributed by atoms with Crippen LogP contribution in [0.15, 0.2) is 18.3 Å². The molecular weight excluding hydrogens is 365 g/mol. The third-order valence-electron chi connectivity index (χ3n) is 5.15. The van der Waals surface area contributed by atoms with Gasteiger partial charge in [-0.3, -0.25) is 4.68 Å². The molecule has 2 heterocycles. The lowest BCUT2D eigenvalue weighted by Crippen LogP contribution is -2.37. The van der Waals surface area contributed by atoms with Crippen LogP contribution in [0.5, 0.6) is 0 Å². The molecule has 27 heavy (non-hydrogen) atoms. The van der Waals surface area contributed by atoms with Gasteiger partial charge in [0, 0.05) is 42.6 Å². The van der Waals surface area contributed by atoms with Crippen molar-refractivity contribution in [1.29, 1.82) is 0 Å². The van der Waals surface area contributed by atoms with Crippen molar-refractivity contribution in [2.45, 2.75) is 51.8 Å². The van der Waals surface area contributed by atoms with Gasteiger partial charge in [0.15, 0.2) is 5.69 Å². The molecular formula is C19H22F5N3. The molecule has 0 saturated carbocycles. The van der Waals surface area contributed by atoms with E-state index < -0.39 is 18.3 Å². The highest BCUT2D eigenvalue weighted by atomic mass is 19.4. The Balaban J connectivity index is 2.21. The molecule has 1 aromatic heterocycles. The van der Waals surface area contributed by atoms with Gasteiger partial charge < -0.3 is 4.90 Å². The summed E-state index contributed by atoms with van der Waals surface area (Å²) in [4.78, 5) is 2.07. The number of rotatable bonds is 4. The number of aryl methyl sites for hydroxylation is 2. The van der Waals surface area contributed by atoms with Crippen molar-refractivity contribution < 1.29 is 22.0 Å². The van der Waals surface area contributed by atoms with Gasteiger partial charge in [-0.05, 0) is 49.4 Å². The minimum absolute atomic E-state index is 0.0878. The molecule has 2 aromatic rings. The Morgan fingerprint density at radius 3 is 2.48 bits per heavy atom. The Kier molecular flexibility index (Phi) is 5.18. The van der Waals surface area contributed by atoms with Gasteiger partial charge in [-0.15, -0.1) is 0 Å². The highest BCUT2D eigenvalue weighted by Crippen LogP contribution is 2.43. The second kappa shape index (κ2) is 7.13. The summed E-state index contributed by atoms with van der Waals surface area (Å²) in [5.74, 6) is 0. The van der Waals surface area contributed by atoms with E-state index in [1.807, 2.05) is 13.8 Å². The zero-order chi connectivity index (χ0) is 19.9. The molecule has 148 valence electrons. The van der Waals surface area contributed by atoms with Crippen LogP contribution >= 0.6 is 0 Å². The summed E-state index contributed by atoms with van der Waals surface area (Å²) < 4.78 is 68.7. The zero-order valence-electron chi connectivity index (χ0n) is 15.4. The first-order valence-electron chi connectivity index (χ1n) is 8.96. The van der Waals surface area contributed by atoms with Crippen LogP contribution in [0.1, 0.15) is 49.9 Å². The van der Waals surface area contributed by atoms with Crippen LogP contribution in [0.25, 0.3) is 11.1 Å². The Bertz CT molecular complexity index is 825. The first kappa shape index (κ1) is 19.6. The van der Waals surface area contributed by atoms with Gasteiger partial charge in [-0.2, -0.15) is 18.3 Å². The van der Waals surface area contributed by atoms with Crippen molar-refractivity contribution in [1.82, 2.24) is 9.78 Å². The van der Waals surface area contributed by atoms with Gasteiger partial charge in [0.05, 0.1) is 0 Å². The van der Waals surface area contributed by atoms with Crippen LogP contribution in [0.4, 0.5) is 27.6 Å². The van der Waals surface area contributed by atoms with Crippen LogP contribution in [0, 0.1) is 0 Å². The molecule has 0 amide bonds. The number of hydrogen-bond donors (Lipinski definition) is 0. The molecule has 1 aliphatic rings. The average Bonchev–Trinajstić information content (AvgIpc) is 3.01. The quantitative estimate of drug-likeness (QED) is 0.637. The lowest BCUT2D eigenvalue weighted by Gasteiger charge is -2.36. The lowest BCUT2D eigenvalue weighted by molar-refractivity contribution is -0.141. The molecule has 0 aliphatic carbocycles. The van der Waals surface area contributed by atoms with Crippen molar-refractivity contribution in [3.05, 3.63) is 35.2 Å². The molecule has 1 aromatic carbocycles. The predicted octanol–water partition coefficient (Wildman–Crippen LogP) is 5.59. The Morgan fingerprint density at radius 1 is 1.19 bits per heavy atom. The van der Waals surface area contributed by atoms with Crippen LogP contribution in [0.3, 0.4) is 0 Å². The average molecular weight is 387 g/mol. The maximum absolute atomic E-state index is 13.8. The topological polar surface area (TPSA) is 21.1 Å². The molecule has 0 fully saturated rings. The number of benzene rings is 1. The molecule has 0 bridgehead atoms. The maximum atomic E-state index is 13.8. The highest BCUT2D eigenvalue weighted by molar-refractivity contribution is 5.75. The fourth-order valence-corrected chi connectivity index (χ4v) is 3.66. The number of hydrogen-bond acceptors (Lipinski definition) is 2. The summed E-state index contributed by atoms with van der Waals surface area (Å²) in [6, 6.07) is 3.04. The summed E-state index contributed by atoms with van der Waals surface area (Å²) in [6.45, 7) is 4.80. The zero-order valence-corrected chi connectivity index (χ0v) is 15.4. The Morgan fingerprint density at radius 2 is 1.89 bits per heavy atom. The van der Waals surface area contributed by atoms with E-state index in [1.165, 1.54) is 19.2 Å². The molecule has 0 spiro atoms. The van der Waals surface area contributed by atoms with Crippen LogP contribution in [-0.2, 0) is 19.6 Å². The molecule has 0 N–H and O–H groups in total.